The third-order valence-corrected chi connectivity index (χ3v) is 17.0. The highest BCUT2D eigenvalue weighted by atomic mass is 16.4. The molecule has 53 heavy (non-hydrogen) atoms. The van der Waals surface area contributed by atoms with Gasteiger partial charge in [-0.15, -0.1) is 0 Å². The maximum Gasteiger partial charge on any atom is 0.335 e. The first-order chi connectivity index (χ1) is 24.9. The lowest BCUT2D eigenvalue weighted by molar-refractivity contribution is -0.225. The van der Waals surface area contributed by atoms with Crippen LogP contribution in [0.15, 0.2) is 42.5 Å². The summed E-state index contributed by atoms with van der Waals surface area (Å²) in [6, 6.07) is 6.69. The Kier molecular flexibility index (Phi) is 9.37. The molecule has 0 aromatic heterocycles. The average molecular weight is 727 g/mol. The lowest BCUT2D eigenvalue weighted by Gasteiger charge is -2.72. The number of aromatic carboxylic acids is 1. The average Bonchev–Trinajstić information content (AvgIpc) is 3.75. The fraction of sp³-hybridized carbons (Fsp3) is 0.689. The number of hydrogen-bond acceptors (Lipinski definition) is 4. The van der Waals surface area contributed by atoms with E-state index in [1.165, 1.54) is 22.5 Å². The van der Waals surface area contributed by atoms with E-state index in [2.05, 4.69) is 59.5 Å². The van der Waals surface area contributed by atoms with Crippen LogP contribution in [0.25, 0.3) is 5.57 Å². The summed E-state index contributed by atoms with van der Waals surface area (Å²) in [4.78, 5) is 52.3. The van der Waals surface area contributed by atoms with E-state index >= 15 is 0 Å². The number of nitrogens with one attached hydrogen (secondary N) is 1. The summed E-state index contributed by atoms with van der Waals surface area (Å²) in [5, 5.41) is 22.3. The Morgan fingerprint density at radius 2 is 1.58 bits per heavy atom. The number of carbonyl (C=O) groups is 4. The SMILES string of the molecule is C=C(C)[C@@H]1CC[C@]2(C(=O)NCCC(=O)N3CCCC3C(=O)O)CC[C@]3(C)[C@H](CC[C@@H]4[C@@]5(C)CC=C(c6ccc(C(=O)O)cc6)C(C)(C)[C@@H]5CC[C@]43C)[C@@H]12. The predicted octanol–water partition coefficient (Wildman–Crippen LogP) is 8.62. The molecule has 10 atom stereocenters. The Balaban J connectivity index is 1.13. The second kappa shape index (κ2) is 13.1. The molecule has 7 rings (SSSR count). The molecule has 1 aromatic rings. The van der Waals surface area contributed by atoms with Crippen LogP contribution in [0.3, 0.4) is 0 Å². The Morgan fingerprint density at radius 3 is 2.25 bits per heavy atom. The molecule has 1 aliphatic heterocycles. The van der Waals surface area contributed by atoms with Crippen molar-refractivity contribution >= 4 is 29.3 Å². The van der Waals surface area contributed by atoms with Gasteiger partial charge < -0.3 is 20.4 Å². The molecule has 1 heterocycles. The van der Waals surface area contributed by atoms with Crippen LogP contribution in [0.5, 0.6) is 0 Å². The van der Waals surface area contributed by atoms with Gasteiger partial charge in [-0.1, -0.05) is 65.0 Å². The standard InChI is InChI=1S/C45H62N2O6/c1-27(2)30-16-22-45(40(53)46-25-19-36(48)47-26-8-9-33(47)39(51)52)24-23-43(6)32(37(30)45)14-15-35-42(5)20-17-31(28-10-12-29(13-11-28)38(49)50)41(3,4)34(42)18-21-44(35,43)7/h10-13,17,30,32-35,37H,1,8-9,14-16,18-26H2,2-7H3,(H,46,53)(H,49,50)(H,51,52)/t30-,32+,33?,34-,35+,37+,42-,43+,44+,45-/m0/s1. The van der Waals surface area contributed by atoms with Crippen LogP contribution in [0, 0.1) is 56.7 Å². The summed E-state index contributed by atoms with van der Waals surface area (Å²) in [5.41, 5.74) is 3.78. The summed E-state index contributed by atoms with van der Waals surface area (Å²) in [6.07, 6.45) is 13.1. The number of carboxylic acids is 2. The fourth-order valence-electron chi connectivity index (χ4n) is 14.4. The quantitative estimate of drug-likeness (QED) is 0.231. The van der Waals surface area contributed by atoms with E-state index in [0.717, 1.165) is 56.9 Å². The molecule has 5 aliphatic carbocycles. The Hall–Kier alpha value is -3.42. The number of rotatable bonds is 8. The first-order valence-electron chi connectivity index (χ1n) is 20.4. The first-order valence-corrected chi connectivity index (χ1v) is 20.4. The number of allylic oxidation sites excluding steroid dienone is 3. The second-order valence-corrected chi connectivity index (χ2v) is 19.4. The number of amides is 2. The number of fused-ring (bicyclic) bond motifs is 7. The third kappa shape index (κ3) is 5.57. The van der Waals surface area contributed by atoms with Gasteiger partial charge in [0.15, 0.2) is 0 Å². The van der Waals surface area contributed by atoms with Gasteiger partial charge >= 0.3 is 11.9 Å². The summed E-state index contributed by atoms with van der Waals surface area (Å²) in [6.45, 7) is 19.9. The highest BCUT2D eigenvalue weighted by Gasteiger charge is 2.71. The molecule has 3 N–H and O–H groups in total. The van der Waals surface area contributed by atoms with Gasteiger partial charge in [-0.25, -0.2) is 9.59 Å². The van der Waals surface area contributed by atoms with E-state index in [9.17, 15) is 29.4 Å². The van der Waals surface area contributed by atoms with Crippen molar-refractivity contribution in [3.63, 3.8) is 0 Å². The van der Waals surface area contributed by atoms with E-state index in [-0.39, 0.29) is 52.4 Å². The second-order valence-electron chi connectivity index (χ2n) is 19.4. The zero-order chi connectivity index (χ0) is 38.3. The molecule has 8 nitrogen and oxygen atoms in total. The molecule has 5 fully saturated rings. The van der Waals surface area contributed by atoms with Crippen molar-refractivity contribution in [2.45, 2.75) is 125 Å². The lowest BCUT2D eigenvalue weighted by Crippen LogP contribution is -2.66. The minimum absolute atomic E-state index is 0.0577. The Labute approximate surface area is 316 Å². The smallest absolute Gasteiger partial charge is 0.335 e. The minimum Gasteiger partial charge on any atom is -0.480 e. The fourth-order valence-corrected chi connectivity index (χ4v) is 14.4. The number of aliphatic carboxylic acids is 1. The van der Waals surface area contributed by atoms with Crippen LogP contribution >= 0.6 is 0 Å². The predicted molar refractivity (Wildman–Crippen MR) is 206 cm³/mol. The van der Waals surface area contributed by atoms with Gasteiger partial charge in [-0.3, -0.25) is 9.59 Å². The lowest BCUT2D eigenvalue weighted by atomic mass is 9.32. The van der Waals surface area contributed by atoms with E-state index in [4.69, 9.17) is 0 Å². The van der Waals surface area contributed by atoms with Crippen LogP contribution in [0.2, 0.25) is 0 Å². The Bertz CT molecular complexity index is 1730. The molecule has 2 amide bonds. The largest absolute Gasteiger partial charge is 0.480 e. The van der Waals surface area contributed by atoms with E-state index < -0.39 is 23.4 Å². The van der Waals surface area contributed by atoms with Gasteiger partial charge in [0.05, 0.1) is 11.0 Å². The Morgan fingerprint density at radius 1 is 0.868 bits per heavy atom. The van der Waals surface area contributed by atoms with Crippen molar-refractivity contribution in [3.8, 4) is 0 Å². The monoisotopic (exact) mass is 726 g/mol. The summed E-state index contributed by atoms with van der Waals surface area (Å²) >= 11 is 0. The summed E-state index contributed by atoms with van der Waals surface area (Å²) in [5.74, 6) is 0.0319. The maximum atomic E-state index is 14.5. The number of benzene rings is 1. The van der Waals surface area contributed by atoms with E-state index in [0.29, 0.717) is 48.6 Å². The van der Waals surface area contributed by atoms with Crippen LogP contribution in [0.4, 0.5) is 0 Å². The van der Waals surface area contributed by atoms with Crippen molar-refractivity contribution in [2.75, 3.05) is 13.1 Å². The number of nitrogens with zero attached hydrogens (tertiary/aromatic N) is 1. The van der Waals surface area contributed by atoms with Crippen molar-refractivity contribution in [3.05, 3.63) is 53.6 Å². The van der Waals surface area contributed by atoms with Crippen LogP contribution < -0.4 is 5.32 Å². The highest BCUT2D eigenvalue weighted by molar-refractivity contribution is 5.88. The zero-order valence-electron chi connectivity index (χ0n) is 32.9. The van der Waals surface area contributed by atoms with Crippen LogP contribution in [-0.2, 0) is 14.4 Å². The molecule has 0 bridgehead atoms. The first kappa shape index (κ1) is 37.9. The van der Waals surface area contributed by atoms with Crippen molar-refractivity contribution in [2.24, 2.45) is 56.7 Å². The van der Waals surface area contributed by atoms with Crippen LogP contribution in [0.1, 0.15) is 135 Å². The topological polar surface area (TPSA) is 124 Å². The zero-order valence-corrected chi connectivity index (χ0v) is 32.9. The van der Waals surface area contributed by atoms with Gasteiger partial charge in [0.2, 0.25) is 11.8 Å². The number of hydrogen-bond donors (Lipinski definition) is 3. The molecule has 0 radical (unpaired) electrons. The summed E-state index contributed by atoms with van der Waals surface area (Å²) < 4.78 is 0. The van der Waals surface area contributed by atoms with Crippen molar-refractivity contribution in [1.29, 1.82) is 0 Å². The number of likely N-dealkylation sites (tertiary alicyclic amines) is 1. The number of carbonyl (C=O) groups excluding carboxylic acids is 2. The molecular formula is C45H62N2O6. The van der Waals surface area contributed by atoms with Gasteiger partial charge in [0.1, 0.15) is 6.04 Å². The minimum atomic E-state index is -0.951. The van der Waals surface area contributed by atoms with Gasteiger partial charge in [0.25, 0.3) is 0 Å². The van der Waals surface area contributed by atoms with Crippen molar-refractivity contribution in [1.82, 2.24) is 10.2 Å². The van der Waals surface area contributed by atoms with Gasteiger partial charge in [0, 0.05) is 19.5 Å². The summed E-state index contributed by atoms with van der Waals surface area (Å²) in [7, 11) is 0. The molecule has 4 saturated carbocycles. The molecule has 1 aromatic carbocycles. The normalized spacial score (nSPS) is 39.8. The number of carboxylic acid groups (broad SMARTS) is 2. The maximum absolute atomic E-state index is 14.5. The highest BCUT2D eigenvalue weighted by Crippen LogP contribution is 2.77. The molecule has 288 valence electrons. The third-order valence-electron chi connectivity index (χ3n) is 17.0. The van der Waals surface area contributed by atoms with E-state index in [1.807, 2.05) is 12.1 Å². The molecule has 8 heteroatoms. The van der Waals surface area contributed by atoms with Gasteiger partial charge in [-0.2, -0.15) is 0 Å². The van der Waals surface area contributed by atoms with Crippen molar-refractivity contribution < 1.29 is 29.4 Å². The molecule has 6 aliphatic rings. The molecule has 0 spiro atoms. The van der Waals surface area contributed by atoms with Crippen LogP contribution in [-0.4, -0.2) is 58.0 Å². The molecular weight excluding hydrogens is 665 g/mol. The molecule has 1 unspecified atom stereocenters. The van der Waals surface area contributed by atoms with Gasteiger partial charge in [-0.05, 0) is 152 Å². The van der Waals surface area contributed by atoms with E-state index in [1.54, 1.807) is 12.1 Å². The molecule has 1 saturated heterocycles.